The maximum Gasteiger partial charge on any atom is 0.305 e. The van der Waals surface area contributed by atoms with E-state index in [0.29, 0.717) is 24.9 Å². The minimum Gasteiger partial charge on any atom is -0.481 e. The third-order valence-electron chi connectivity index (χ3n) is 10.8. The Balaban J connectivity index is 2.16. The summed E-state index contributed by atoms with van der Waals surface area (Å²) in [5.74, 6) is -14.4. The van der Waals surface area contributed by atoms with Crippen LogP contribution in [0.25, 0.3) is 10.9 Å². The summed E-state index contributed by atoms with van der Waals surface area (Å²) < 4.78 is 0. The zero-order valence-corrected chi connectivity index (χ0v) is 43.5. The molecule has 0 spiro atoms. The first kappa shape index (κ1) is 63.8. The maximum absolute atomic E-state index is 13.5. The van der Waals surface area contributed by atoms with Crippen molar-refractivity contribution in [3.63, 3.8) is 0 Å². The van der Waals surface area contributed by atoms with Crippen LogP contribution in [-0.2, 0) is 64.0 Å². The van der Waals surface area contributed by atoms with Crippen LogP contribution < -0.4 is 59.3 Å². The third-order valence-corrected chi connectivity index (χ3v) is 12.2. The molecule has 0 saturated heterocycles. The largest absolute Gasteiger partial charge is 0.481 e. The first-order valence-corrected chi connectivity index (χ1v) is 25.3. The van der Waals surface area contributed by atoms with Gasteiger partial charge in [-0.2, -0.15) is 50.5 Å². The van der Waals surface area contributed by atoms with Crippen LogP contribution in [0.1, 0.15) is 51.0 Å². The number of para-hydroxylation sites is 1. The van der Waals surface area contributed by atoms with E-state index in [4.69, 9.17) is 11.5 Å². The molecule has 17 N–H and O–H groups in total. The quantitative estimate of drug-likeness (QED) is 0.0230. The van der Waals surface area contributed by atoms with Crippen LogP contribution in [-0.4, -0.2) is 182 Å². The molecule has 0 aliphatic heterocycles. The van der Waals surface area contributed by atoms with Gasteiger partial charge in [-0.3, -0.25) is 57.5 Å². The van der Waals surface area contributed by atoms with Gasteiger partial charge in [0.1, 0.15) is 54.4 Å². The molecule has 0 saturated carbocycles. The lowest BCUT2D eigenvalue weighted by Crippen LogP contribution is -2.61. The van der Waals surface area contributed by atoms with Crippen LogP contribution >= 0.6 is 50.5 Å². The molecule has 31 heteroatoms. The third kappa shape index (κ3) is 21.3. The Morgan fingerprint density at radius 2 is 0.959 bits per heavy atom. The summed E-state index contributed by atoms with van der Waals surface area (Å²) in [6.07, 6.45) is 0.479. The summed E-state index contributed by atoms with van der Waals surface area (Å²) in [7, 11) is 0. The summed E-state index contributed by atoms with van der Waals surface area (Å²) in [6.45, 7) is 0.373. The second kappa shape index (κ2) is 32.8. The monoisotopic (exact) mass is 1120 g/mol. The van der Waals surface area contributed by atoms with E-state index in [2.05, 4.69) is 103 Å². The van der Waals surface area contributed by atoms with Crippen LogP contribution in [0, 0.1) is 0 Å². The second-order valence-electron chi connectivity index (χ2n) is 16.4. The highest BCUT2D eigenvalue weighted by molar-refractivity contribution is 7.80. The van der Waals surface area contributed by atoms with Gasteiger partial charge in [0.15, 0.2) is 0 Å². The number of aliphatic carboxylic acids is 2. The lowest BCUT2D eigenvalue weighted by atomic mass is 10.0. The van der Waals surface area contributed by atoms with Crippen molar-refractivity contribution in [3.05, 3.63) is 36.0 Å². The van der Waals surface area contributed by atoms with Crippen molar-refractivity contribution in [1.82, 2.24) is 52.8 Å². The number of fused-ring (bicyclic) bond motifs is 1. The van der Waals surface area contributed by atoms with Crippen LogP contribution in [0.15, 0.2) is 30.5 Å². The molecule has 0 unspecified atom stereocenters. The first-order chi connectivity index (χ1) is 35.0. The summed E-state index contributed by atoms with van der Waals surface area (Å²) in [5, 5.41) is 50.6. The number of hydrogen-bond acceptors (Lipinski definition) is 18. The predicted molar refractivity (Wildman–Crippen MR) is 279 cm³/mol. The van der Waals surface area contributed by atoms with Crippen LogP contribution in [0.5, 0.6) is 0 Å². The van der Waals surface area contributed by atoms with Crippen molar-refractivity contribution in [1.29, 1.82) is 0 Å². The molecule has 2 rings (SSSR count). The molecule has 0 aliphatic carbocycles. The number of aliphatic hydroxyl groups excluding tert-OH is 1. The molecule has 1 heterocycles. The molecule has 74 heavy (non-hydrogen) atoms. The number of carbonyl (C=O) groups excluding carboxylic acids is 10. The van der Waals surface area contributed by atoms with E-state index in [1.54, 1.807) is 30.5 Å². The number of amides is 10. The number of thiol groups is 4. The van der Waals surface area contributed by atoms with Gasteiger partial charge < -0.3 is 79.6 Å². The van der Waals surface area contributed by atoms with Crippen LogP contribution in [0.4, 0.5) is 0 Å². The Morgan fingerprint density at radius 3 is 1.41 bits per heavy atom. The topological polar surface area (TPSA) is 442 Å². The number of benzene rings is 1. The number of carboxylic acids is 2. The van der Waals surface area contributed by atoms with E-state index < -0.39 is 169 Å². The molecule has 10 amide bonds. The van der Waals surface area contributed by atoms with Gasteiger partial charge in [-0.15, -0.1) is 0 Å². The van der Waals surface area contributed by atoms with E-state index in [9.17, 15) is 72.9 Å². The normalized spacial score (nSPS) is 14.6. The van der Waals surface area contributed by atoms with Gasteiger partial charge in [0.2, 0.25) is 59.1 Å². The number of aliphatic hydroxyl groups is 1. The Hall–Kier alpha value is -6.28. The molecule has 0 bridgehead atoms. The smallest absolute Gasteiger partial charge is 0.305 e. The zero-order chi connectivity index (χ0) is 55.7. The molecule has 0 fully saturated rings. The Bertz CT molecular complexity index is 2330. The van der Waals surface area contributed by atoms with Crippen molar-refractivity contribution in [2.75, 3.05) is 36.2 Å². The average Bonchev–Trinajstić information content (AvgIpc) is 3.76. The molecule has 2 aromatic rings. The molecule has 1 aromatic carbocycles. The number of nitrogens with one attached hydrogen (secondary N) is 10. The Morgan fingerprint density at radius 1 is 0.541 bits per heavy atom. The molecule has 410 valence electrons. The fraction of sp³-hybridized carbons (Fsp3) is 0.535. The van der Waals surface area contributed by atoms with Crippen LogP contribution in [0.3, 0.4) is 0 Å². The number of unbranched alkanes of at least 4 members (excludes halogenated alkanes) is 1. The standard InChI is InChI=1S/C43H64N12O15S4/c1-20(57)47-26(12-21-14-46-23-7-3-2-6-22(21)23)37(64)50-27(13-34(60)61)38(65)53-32(19-74)43(70)55-30(17-72)41(68)51-28(15-56)39(66)49-25(9-10-33(58)59)36(63)52-31(18-73)42(69)54-29(16-71)40(67)48-24(35(45)62)8-4-5-11-44/h2-3,6-7,14,24-32,46,56,71-74H,4-5,8-13,15-19,44H2,1H3,(H2,45,62)(H,47,57)(H,48,67)(H,49,66)(H,50,64)(H,51,68)(H,52,63)(H,53,65)(H,54,69)(H,55,70)(H,58,59)(H,60,61)/t24-,25-,26-,27-,28-,29-,30-,31-,32-/m0/s1. The molecular weight excluding hydrogens is 1050 g/mol. The Labute approximate surface area is 446 Å². The summed E-state index contributed by atoms with van der Waals surface area (Å²) in [4.78, 5) is 157. The van der Waals surface area contributed by atoms with Crippen molar-refractivity contribution >= 4 is 132 Å². The van der Waals surface area contributed by atoms with Gasteiger partial charge in [0, 0.05) is 59.9 Å². The number of aromatic nitrogens is 1. The number of carbonyl (C=O) groups is 12. The molecule has 1 aromatic heterocycles. The van der Waals surface area contributed by atoms with Crippen molar-refractivity contribution < 1.29 is 72.9 Å². The number of primary amides is 1. The van der Waals surface area contributed by atoms with E-state index in [1.807, 2.05) is 0 Å². The van der Waals surface area contributed by atoms with E-state index in [-0.39, 0.29) is 18.6 Å². The fourth-order valence-electron chi connectivity index (χ4n) is 6.82. The number of hydrogen-bond donors (Lipinski definition) is 19. The summed E-state index contributed by atoms with van der Waals surface area (Å²) >= 11 is 16.3. The van der Waals surface area contributed by atoms with Crippen molar-refractivity contribution in [2.45, 2.75) is 106 Å². The van der Waals surface area contributed by atoms with Gasteiger partial charge in [0.05, 0.1) is 13.0 Å². The number of aromatic amines is 1. The Kier molecular flexibility index (Phi) is 28.3. The fourth-order valence-corrected chi connectivity index (χ4v) is 7.85. The number of carboxylic acid groups (broad SMARTS) is 2. The van der Waals surface area contributed by atoms with Crippen molar-refractivity contribution in [3.8, 4) is 0 Å². The van der Waals surface area contributed by atoms with Crippen molar-refractivity contribution in [2.24, 2.45) is 11.5 Å². The summed E-state index contributed by atoms with van der Waals surface area (Å²) in [5.41, 5.74) is 12.3. The van der Waals surface area contributed by atoms with Gasteiger partial charge in [-0.25, -0.2) is 0 Å². The molecule has 9 atom stereocenters. The number of H-pyrrole nitrogens is 1. The lowest BCUT2D eigenvalue weighted by Gasteiger charge is -2.27. The minimum absolute atomic E-state index is 0.0656. The van der Waals surface area contributed by atoms with Gasteiger partial charge in [-0.1, -0.05) is 18.2 Å². The lowest BCUT2D eigenvalue weighted by molar-refractivity contribution is -0.141. The predicted octanol–water partition coefficient (Wildman–Crippen LogP) is -5.24. The highest BCUT2D eigenvalue weighted by Gasteiger charge is 2.35. The zero-order valence-electron chi connectivity index (χ0n) is 40.0. The highest BCUT2D eigenvalue weighted by Crippen LogP contribution is 2.19. The van der Waals surface area contributed by atoms with Crippen LogP contribution in [0.2, 0.25) is 0 Å². The maximum atomic E-state index is 13.5. The number of rotatable bonds is 34. The molecule has 27 nitrogen and oxygen atoms in total. The van der Waals surface area contributed by atoms with Gasteiger partial charge in [0.25, 0.3) is 0 Å². The molecule has 0 radical (unpaired) electrons. The minimum atomic E-state index is -1.86. The summed E-state index contributed by atoms with van der Waals surface area (Å²) in [6, 6.07) is -6.69. The SMILES string of the molecule is CC(=O)N[C@@H](Cc1c[nH]c2ccccc12)C(=O)N[C@@H](CC(=O)O)C(=O)N[C@@H](CS)C(=O)N[C@@H](CS)C(=O)N[C@@H](CO)C(=O)N[C@@H](CCC(=O)O)C(=O)N[C@@H](CS)C(=O)N[C@@H](CS)C(=O)N[C@@H](CCCCN)C(N)=O. The number of nitrogens with two attached hydrogens (primary N) is 2. The molecular formula is C43H64N12O15S4. The first-order valence-electron chi connectivity index (χ1n) is 22.8. The molecule has 0 aliphatic rings. The van der Waals surface area contributed by atoms with E-state index in [0.717, 1.165) is 17.8 Å². The second-order valence-corrected chi connectivity index (χ2v) is 17.9. The van der Waals surface area contributed by atoms with Gasteiger partial charge >= 0.3 is 11.9 Å². The van der Waals surface area contributed by atoms with E-state index >= 15 is 0 Å². The average molecular weight is 1120 g/mol. The van der Waals surface area contributed by atoms with E-state index in [1.165, 1.54) is 0 Å². The highest BCUT2D eigenvalue weighted by atomic mass is 32.1. The van der Waals surface area contributed by atoms with Gasteiger partial charge in [-0.05, 0) is 43.9 Å².